The van der Waals surface area contributed by atoms with E-state index in [1.165, 1.54) is 0 Å². The number of hydrogen-bond acceptors (Lipinski definition) is 4. The second-order valence-corrected chi connectivity index (χ2v) is 6.66. The Kier molecular flexibility index (Phi) is 9.15. The van der Waals surface area contributed by atoms with E-state index in [-0.39, 0.29) is 31.3 Å². The molecule has 0 bridgehead atoms. The van der Waals surface area contributed by atoms with E-state index in [4.69, 9.17) is 10.5 Å². The van der Waals surface area contributed by atoms with E-state index in [1.807, 2.05) is 6.07 Å². The van der Waals surface area contributed by atoms with E-state index in [0.29, 0.717) is 30.0 Å². The number of nitrogens with two attached hydrogens (primary N) is 1. The number of nitrogens with zero attached hydrogens (tertiary/aromatic N) is 1. The SMILES string of the molecule is Cl.N[C@@H](CCCCNC(=O)COc1ccccc1)C(=O)N1CC(F)(F)C(F)(F)C1. The lowest BCUT2D eigenvalue weighted by Gasteiger charge is -2.19. The molecule has 1 aromatic carbocycles. The van der Waals surface area contributed by atoms with Gasteiger partial charge in [-0.05, 0) is 31.4 Å². The summed E-state index contributed by atoms with van der Waals surface area (Å²) in [5.74, 6) is -9.15. The zero-order chi connectivity index (χ0) is 20.8. The lowest BCUT2D eigenvalue weighted by atomic mass is 10.1. The van der Waals surface area contributed by atoms with Gasteiger partial charge in [-0.1, -0.05) is 18.2 Å². The second-order valence-electron chi connectivity index (χ2n) is 6.66. The van der Waals surface area contributed by atoms with Gasteiger partial charge in [0.1, 0.15) is 5.75 Å². The first-order valence-electron chi connectivity index (χ1n) is 8.87. The molecule has 0 radical (unpaired) electrons. The standard InChI is InChI=1S/C18H23F4N3O3.ClH/c19-17(20)11-25(12-18(17,21)22)16(27)14(23)8-4-5-9-24-15(26)10-28-13-6-2-1-3-7-13;/h1-3,6-7,14H,4-5,8-12,23H2,(H,24,26);1H/t14-;/m0./s1. The topological polar surface area (TPSA) is 84.7 Å². The van der Waals surface area contributed by atoms with Gasteiger partial charge in [0.25, 0.3) is 5.91 Å². The van der Waals surface area contributed by atoms with Gasteiger partial charge >= 0.3 is 11.8 Å². The summed E-state index contributed by atoms with van der Waals surface area (Å²) in [6.45, 7) is -2.48. The van der Waals surface area contributed by atoms with E-state index in [0.717, 1.165) is 0 Å². The van der Waals surface area contributed by atoms with Crippen molar-refractivity contribution in [1.82, 2.24) is 10.2 Å². The number of hydrogen-bond donors (Lipinski definition) is 2. The number of halogens is 5. The summed E-state index contributed by atoms with van der Waals surface area (Å²) in [4.78, 5) is 24.0. The molecule has 1 heterocycles. The predicted octanol–water partition coefficient (Wildman–Crippen LogP) is 2.21. The van der Waals surface area contributed by atoms with Gasteiger partial charge in [0, 0.05) is 6.54 Å². The maximum atomic E-state index is 13.2. The molecule has 0 spiro atoms. The first-order chi connectivity index (χ1) is 13.1. The summed E-state index contributed by atoms with van der Waals surface area (Å²) in [6, 6.07) is 7.69. The molecule has 6 nitrogen and oxygen atoms in total. The fourth-order valence-electron chi connectivity index (χ4n) is 2.71. The average Bonchev–Trinajstić information content (AvgIpc) is 2.87. The van der Waals surface area contributed by atoms with Gasteiger partial charge in [0.2, 0.25) is 5.91 Å². The molecule has 0 saturated carbocycles. The maximum Gasteiger partial charge on any atom is 0.329 e. The number of carbonyl (C=O) groups excluding carboxylic acids is 2. The molecule has 29 heavy (non-hydrogen) atoms. The Morgan fingerprint density at radius 3 is 2.28 bits per heavy atom. The monoisotopic (exact) mass is 441 g/mol. The van der Waals surface area contributed by atoms with Gasteiger partial charge in [-0.25, -0.2) is 0 Å². The van der Waals surface area contributed by atoms with E-state index in [2.05, 4.69) is 5.32 Å². The van der Waals surface area contributed by atoms with Gasteiger partial charge in [-0.2, -0.15) is 17.6 Å². The number of amides is 2. The number of para-hydroxylation sites is 1. The highest BCUT2D eigenvalue weighted by atomic mass is 35.5. The third-order valence-electron chi connectivity index (χ3n) is 4.32. The van der Waals surface area contributed by atoms with Crippen LogP contribution in [0.15, 0.2) is 30.3 Å². The molecule has 0 unspecified atom stereocenters. The number of ether oxygens (including phenoxy) is 1. The van der Waals surface area contributed by atoms with Crippen molar-refractivity contribution in [1.29, 1.82) is 0 Å². The quantitative estimate of drug-likeness (QED) is 0.454. The second kappa shape index (κ2) is 10.6. The third-order valence-corrected chi connectivity index (χ3v) is 4.32. The lowest BCUT2D eigenvalue weighted by Crippen LogP contribution is -2.43. The summed E-state index contributed by atoms with van der Waals surface area (Å²) in [6.07, 6.45) is 1.06. The summed E-state index contributed by atoms with van der Waals surface area (Å²) in [7, 11) is 0. The molecule has 3 N–H and O–H groups in total. The molecule has 1 saturated heterocycles. The normalized spacial score (nSPS) is 17.9. The van der Waals surface area contributed by atoms with Gasteiger partial charge in [0.05, 0.1) is 19.1 Å². The van der Waals surface area contributed by atoms with Crippen molar-refractivity contribution < 1.29 is 31.9 Å². The van der Waals surface area contributed by atoms with Gasteiger partial charge in [0.15, 0.2) is 6.61 Å². The molecule has 0 aromatic heterocycles. The third kappa shape index (κ3) is 7.04. The number of benzene rings is 1. The van der Waals surface area contributed by atoms with Crippen molar-refractivity contribution in [2.24, 2.45) is 5.73 Å². The highest BCUT2D eigenvalue weighted by Crippen LogP contribution is 2.41. The van der Waals surface area contributed by atoms with E-state index in [9.17, 15) is 27.2 Å². The first-order valence-corrected chi connectivity index (χ1v) is 8.87. The van der Waals surface area contributed by atoms with Crippen LogP contribution in [0.1, 0.15) is 19.3 Å². The minimum absolute atomic E-state index is 0. The molecule has 11 heteroatoms. The Labute approximate surface area is 172 Å². The summed E-state index contributed by atoms with van der Waals surface area (Å²) >= 11 is 0. The molecule has 0 aliphatic carbocycles. The number of carbonyl (C=O) groups is 2. The van der Waals surface area contributed by atoms with Crippen LogP contribution < -0.4 is 15.8 Å². The van der Waals surface area contributed by atoms with Crippen molar-refractivity contribution in [3.63, 3.8) is 0 Å². The maximum absolute atomic E-state index is 13.2. The van der Waals surface area contributed by atoms with E-state index >= 15 is 0 Å². The Balaban J connectivity index is 0.00000420. The smallest absolute Gasteiger partial charge is 0.329 e. The predicted molar refractivity (Wildman–Crippen MR) is 100 cm³/mol. The molecule has 1 aliphatic rings. The van der Waals surface area contributed by atoms with E-state index < -0.39 is 36.9 Å². The van der Waals surface area contributed by atoms with Gasteiger partial charge in [-0.15, -0.1) is 12.4 Å². The van der Waals surface area contributed by atoms with Crippen LogP contribution in [-0.4, -0.2) is 60.8 Å². The molecule has 2 rings (SSSR count). The van der Waals surface area contributed by atoms with Crippen LogP contribution in [-0.2, 0) is 9.59 Å². The molecule has 1 fully saturated rings. The number of unbranched alkanes of at least 4 members (excludes halogenated alkanes) is 1. The van der Waals surface area contributed by atoms with Crippen LogP contribution in [0.2, 0.25) is 0 Å². The Hall–Kier alpha value is -2.07. The summed E-state index contributed by atoms with van der Waals surface area (Å²) in [5, 5.41) is 2.63. The van der Waals surface area contributed by atoms with Crippen molar-refractivity contribution in [2.75, 3.05) is 26.2 Å². The molecule has 1 aromatic rings. The number of nitrogens with one attached hydrogen (secondary N) is 1. The minimum Gasteiger partial charge on any atom is -0.484 e. The van der Waals surface area contributed by atoms with Crippen molar-refractivity contribution in [3.8, 4) is 5.75 Å². The molecular weight excluding hydrogens is 418 g/mol. The summed E-state index contributed by atoms with van der Waals surface area (Å²) < 4.78 is 57.9. The number of alkyl halides is 4. The average molecular weight is 442 g/mol. The van der Waals surface area contributed by atoms with Crippen molar-refractivity contribution in [2.45, 2.75) is 37.1 Å². The van der Waals surface area contributed by atoms with Gasteiger partial charge < -0.3 is 20.7 Å². The molecule has 2 amide bonds. The minimum atomic E-state index is -4.24. The summed E-state index contributed by atoms with van der Waals surface area (Å²) in [5.41, 5.74) is 5.64. The van der Waals surface area contributed by atoms with E-state index in [1.54, 1.807) is 24.3 Å². The number of likely N-dealkylation sites (tertiary alicyclic amines) is 1. The van der Waals surface area contributed by atoms with Crippen LogP contribution in [0.25, 0.3) is 0 Å². The molecule has 1 aliphatic heterocycles. The zero-order valence-electron chi connectivity index (χ0n) is 15.6. The van der Waals surface area contributed by atoms with Crippen molar-refractivity contribution in [3.05, 3.63) is 30.3 Å². The Morgan fingerprint density at radius 2 is 1.69 bits per heavy atom. The molecule has 164 valence electrons. The first kappa shape index (κ1) is 25.0. The van der Waals surface area contributed by atoms with Crippen molar-refractivity contribution >= 4 is 24.2 Å². The van der Waals surface area contributed by atoms with Crippen LogP contribution >= 0.6 is 12.4 Å². The van der Waals surface area contributed by atoms with Crippen LogP contribution in [0, 0.1) is 0 Å². The van der Waals surface area contributed by atoms with Gasteiger partial charge in [-0.3, -0.25) is 9.59 Å². The lowest BCUT2D eigenvalue weighted by molar-refractivity contribution is -0.172. The fraction of sp³-hybridized carbons (Fsp3) is 0.556. The fourth-order valence-corrected chi connectivity index (χ4v) is 2.71. The number of rotatable bonds is 9. The largest absolute Gasteiger partial charge is 0.484 e. The highest BCUT2D eigenvalue weighted by Gasteiger charge is 2.64. The van der Waals surface area contributed by atoms with Crippen LogP contribution in [0.4, 0.5) is 17.6 Å². The zero-order valence-corrected chi connectivity index (χ0v) is 16.4. The van der Waals surface area contributed by atoms with Crippen LogP contribution in [0.3, 0.4) is 0 Å². The highest BCUT2D eigenvalue weighted by molar-refractivity contribution is 5.85. The molecular formula is C18H24ClF4N3O3. The molecule has 1 atom stereocenters. The Bertz CT molecular complexity index is 664. The van der Waals surface area contributed by atoms with Crippen LogP contribution in [0.5, 0.6) is 5.75 Å². The Morgan fingerprint density at radius 1 is 1.10 bits per heavy atom.